The fourth-order valence-electron chi connectivity index (χ4n) is 1.34. The molecule has 0 amide bonds. The van der Waals surface area contributed by atoms with Gasteiger partial charge in [0.2, 0.25) is 5.89 Å². The minimum atomic E-state index is -0.749. The van der Waals surface area contributed by atoms with Gasteiger partial charge in [0.1, 0.15) is 11.6 Å². The van der Waals surface area contributed by atoms with Gasteiger partial charge in [-0.1, -0.05) is 11.6 Å². The van der Waals surface area contributed by atoms with E-state index in [9.17, 15) is 5.11 Å². The Hall–Kier alpha value is -1.10. The Bertz CT molecular complexity index is 469. The molecule has 0 aliphatic carbocycles. The highest BCUT2D eigenvalue weighted by atomic mass is 35.5. The quantitative estimate of drug-likeness (QED) is 0.838. The van der Waals surface area contributed by atoms with E-state index in [0.29, 0.717) is 29.1 Å². The number of fused-ring (bicyclic) bond motifs is 1. The Morgan fingerprint density at radius 3 is 3.07 bits per heavy atom. The van der Waals surface area contributed by atoms with Gasteiger partial charge in [-0.25, -0.2) is 4.98 Å². The number of hydrogen-bond donors (Lipinski definition) is 2. The van der Waals surface area contributed by atoms with Crippen LogP contribution >= 0.6 is 11.6 Å². The van der Waals surface area contributed by atoms with E-state index in [1.165, 1.54) is 0 Å². The lowest BCUT2D eigenvalue weighted by Crippen LogP contribution is -2.06. The highest BCUT2D eigenvalue weighted by molar-refractivity contribution is 6.31. The molecule has 0 aliphatic rings. The van der Waals surface area contributed by atoms with Crippen LogP contribution in [-0.2, 0) is 0 Å². The fraction of sp³-hybridized carbons (Fsp3) is 0.300. The van der Waals surface area contributed by atoms with Crippen molar-refractivity contribution in [2.45, 2.75) is 12.5 Å². The smallest absolute Gasteiger partial charge is 0.224 e. The van der Waals surface area contributed by atoms with E-state index in [1.807, 2.05) is 0 Å². The highest BCUT2D eigenvalue weighted by Crippen LogP contribution is 2.24. The molecular formula is C10H11ClN2O2. The second kappa shape index (κ2) is 4.18. The molecule has 0 fully saturated rings. The van der Waals surface area contributed by atoms with E-state index in [-0.39, 0.29) is 5.89 Å². The number of benzene rings is 1. The number of rotatable bonds is 3. The largest absolute Gasteiger partial charge is 0.438 e. The third-order valence-electron chi connectivity index (χ3n) is 2.09. The number of oxazole rings is 1. The lowest BCUT2D eigenvalue weighted by Gasteiger charge is -2.01. The molecule has 0 bridgehead atoms. The van der Waals surface area contributed by atoms with Crippen LogP contribution in [0.3, 0.4) is 0 Å². The van der Waals surface area contributed by atoms with Gasteiger partial charge in [-0.05, 0) is 31.2 Å². The summed E-state index contributed by atoms with van der Waals surface area (Å²) in [6.07, 6.45) is -0.318. The lowest BCUT2D eigenvalue weighted by molar-refractivity contribution is 0.139. The van der Waals surface area contributed by atoms with Gasteiger partial charge in [-0.2, -0.15) is 0 Å². The van der Waals surface area contributed by atoms with Crippen LogP contribution < -0.4 is 5.73 Å². The molecule has 2 rings (SSSR count). The molecule has 0 saturated carbocycles. The molecular weight excluding hydrogens is 216 g/mol. The van der Waals surface area contributed by atoms with E-state index < -0.39 is 6.10 Å². The van der Waals surface area contributed by atoms with Gasteiger partial charge in [0, 0.05) is 5.02 Å². The molecule has 5 heteroatoms. The summed E-state index contributed by atoms with van der Waals surface area (Å²) in [5, 5.41) is 10.2. The Morgan fingerprint density at radius 1 is 1.53 bits per heavy atom. The summed E-state index contributed by atoms with van der Waals surface area (Å²) in [5.41, 5.74) is 6.60. The lowest BCUT2D eigenvalue weighted by atomic mass is 10.2. The van der Waals surface area contributed by atoms with Crippen molar-refractivity contribution in [3.05, 3.63) is 29.1 Å². The molecule has 1 aromatic heterocycles. The summed E-state index contributed by atoms with van der Waals surface area (Å²) in [6, 6.07) is 5.14. The Morgan fingerprint density at radius 2 is 2.33 bits per heavy atom. The first kappa shape index (κ1) is 10.4. The van der Waals surface area contributed by atoms with Gasteiger partial charge in [-0.3, -0.25) is 0 Å². The Labute approximate surface area is 91.7 Å². The molecule has 0 saturated heterocycles. The third-order valence-corrected chi connectivity index (χ3v) is 2.33. The first-order valence-corrected chi connectivity index (χ1v) is 5.02. The van der Waals surface area contributed by atoms with Gasteiger partial charge in [0.15, 0.2) is 5.58 Å². The van der Waals surface area contributed by atoms with Crippen molar-refractivity contribution in [3.63, 3.8) is 0 Å². The summed E-state index contributed by atoms with van der Waals surface area (Å²) in [4.78, 5) is 4.14. The molecule has 1 heterocycles. The van der Waals surface area contributed by atoms with Gasteiger partial charge in [-0.15, -0.1) is 0 Å². The van der Waals surface area contributed by atoms with Crippen LogP contribution in [0.4, 0.5) is 0 Å². The van der Waals surface area contributed by atoms with Crippen LogP contribution in [-0.4, -0.2) is 16.6 Å². The van der Waals surface area contributed by atoms with Crippen molar-refractivity contribution < 1.29 is 9.52 Å². The molecule has 1 unspecified atom stereocenters. The average molecular weight is 227 g/mol. The van der Waals surface area contributed by atoms with E-state index in [1.54, 1.807) is 18.2 Å². The summed E-state index contributed by atoms with van der Waals surface area (Å²) in [6.45, 7) is 0.390. The highest BCUT2D eigenvalue weighted by Gasteiger charge is 2.14. The van der Waals surface area contributed by atoms with Crippen LogP contribution in [0.2, 0.25) is 5.02 Å². The van der Waals surface area contributed by atoms with Gasteiger partial charge >= 0.3 is 0 Å². The Kier molecular flexibility index (Phi) is 2.90. The number of halogens is 1. The van der Waals surface area contributed by atoms with Crippen molar-refractivity contribution in [3.8, 4) is 0 Å². The predicted molar refractivity (Wildman–Crippen MR) is 57.7 cm³/mol. The number of aromatic nitrogens is 1. The number of aliphatic hydroxyl groups is 1. The molecule has 2 aromatic rings. The topological polar surface area (TPSA) is 72.3 Å². The molecule has 0 aliphatic heterocycles. The zero-order chi connectivity index (χ0) is 10.8. The van der Waals surface area contributed by atoms with E-state index in [2.05, 4.69) is 4.98 Å². The van der Waals surface area contributed by atoms with Crippen molar-refractivity contribution in [1.82, 2.24) is 4.98 Å². The van der Waals surface area contributed by atoms with E-state index in [4.69, 9.17) is 21.8 Å². The maximum atomic E-state index is 9.62. The van der Waals surface area contributed by atoms with Crippen LogP contribution in [0.5, 0.6) is 0 Å². The van der Waals surface area contributed by atoms with E-state index >= 15 is 0 Å². The second-order valence-electron chi connectivity index (χ2n) is 3.26. The minimum Gasteiger partial charge on any atom is -0.438 e. The summed E-state index contributed by atoms with van der Waals surface area (Å²) >= 11 is 5.80. The maximum Gasteiger partial charge on any atom is 0.224 e. The van der Waals surface area contributed by atoms with Crippen molar-refractivity contribution >= 4 is 22.7 Å². The number of aliphatic hydroxyl groups excluding tert-OH is 1. The van der Waals surface area contributed by atoms with Crippen LogP contribution in [0, 0.1) is 0 Å². The summed E-state index contributed by atoms with van der Waals surface area (Å²) in [5.74, 6) is 0.290. The first-order chi connectivity index (χ1) is 7.20. The summed E-state index contributed by atoms with van der Waals surface area (Å²) < 4.78 is 5.36. The van der Waals surface area contributed by atoms with E-state index in [0.717, 1.165) is 0 Å². The zero-order valence-corrected chi connectivity index (χ0v) is 8.74. The summed E-state index contributed by atoms with van der Waals surface area (Å²) in [7, 11) is 0. The molecule has 0 spiro atoms. The van der Waals surface area contributed by atoms with Crippen LogP contribution in [0.15, 0.2) is 22.6 Å². The molecule has 15 heavy (non-hydrogen) atoms. The predicted octanol–water partition coefficient (Wildman–Crippen LogP) is 1.86. The van der Waals surface area contributed by atoms with Gasteiger partial charge < -0.3 is 15.3 Å². The first-order valence-electron chi connectivity index (χ1n) is 4.65. The van der Waals surface area contributed by atoms with Crippen LogP contribution in [0.1, 0.15) is 18.4 Å². The van der Waals surface area contributed by atoms with Crippen molar-refractivity contribution in [1.29, 1.82) is 0 Å². The third kappa shape index (κ3) is 2.12. The maximum absolute atomic E-state index is 9.62. The molecule has 1 atom stereocenters. The SMILES string of the molecule is NCCC(O)c1nc2cc(Cl)ccc2o1. The monoisotopic (exact) mass is 226 g/mol. The zero-order valence-electron chi connectivity index (χ0n) is 7.98. The van der Waals surface area contributed by atoms with Gasteiger partial charge in [0.25, 0.3) is 0 Å². The van der Waals surface area contributed by atoms with Crippen molar-refractivity contribution in [2.24, 2.45) is 5.73 Å². The number of nitrogens with two attached hydrogens (primary N) is 1. The molecule has 1 aromatic carbocycles. The Balaban J connectivity index is 2.38. The normalized spacial score (nSPS) is 13.3. The standard InChI is InChI=1S/C10H11ClN2O2/c11-6-1-2-9-7(5-6)13-10(15-9)8(14)3-4-12/h1-2,5,8,14H,3-4,12H2. The number of hydrogen-bond acceptors (Lipinski definition) is 4. The molecule has 3 N–H and O–H groups in total. The second-order valence-corrected chi connectivity index (χ2v) is 3.69. The molecule has 80 valence electrons. The van der Waals surface area contributed by atoms with Crippen molar-refractivity contribution in [2.75, 3.05) is 6.54 Å². The fourth-order valence-corrected chi connectivity index (χ4v) is 1.51. The number of nitrogens with zero attached hydrogens (tertiary/aromatic N) is 1. The molecule has 4 nitrogen and oxygen atoms in total. The minimum absolute atomic E-state index is 0.290. The van der Waals surface area contributed by atoms with Crippen LogP contribution in [0.25, 0.3) is 11.1 Å². The van der Waals surface area contributed by atoms with Gasteiger partial charge in [0.05, 0.1) is 0 Å². The molecule has 0 radical (unpaired) electrons. The average Bonchev–Trinajstić information content (AvgIpc) is 2.60.